The number of hydrogen-bond acceptors (Lipinski definition) is 4. The standard InChI is InChI=1S/C18H15S.C14H16F7NO4S/c1-4-10-16(11-5-1)19(17-12-6-2-7-13-17)18-14-8-3-9-15-18;1-10(2)7-3-4-11(10,8(23)5-7)6-27(25,26)22-9(24)12(15,16)13(17,18)14(19,20)21/h1-15H;7H,3-6H2,1-2H3,(H,22,24)/q+1;. The van der Waals surface area contributed by atoms with E-state index in [-0.39, 0.29) is 29.7 Å². The van der Waals surface area contributed by atoms with Gasteiger partial charge in [-0.05, 0) is 60.6 Å². The molecule has 248 valence electrons. The zero-order valence-electron chi connectivity index (χ0n) is 24.7. The molecule has 0 heterocycles. The smallest absolute Gasteiger partial charge is 0.299 e. The molecule has 5 rings (SSSR count). The van der Waals surface area contributed by atoms with Gasteiger partial charge in [-0.1, -0.05) is 68.4 Å². The number of ketones is 1. The molecule has 5 nitrogen and oxygen atoms in total. The minimum atomic E-state index is -6.78. The van der Waals surface area contributed by atoms with Crippen molar-refractivity contribution in [2.24, 2.45) is 16.7 Å². The number of hydrogen-bond donors (Lipinski definition) is 1. The van der Waals surface area contributed by atoms with Gasteiger partial charge in [-0.25, -0.2) is 13.1 Å². The van der Waals surface area contributed by atoms with Gasteiger partial charge in [-0.15, -0.1) is 0 Å². The molecule has 2 bridgehead atoms. The van der Waals surface area contributed by atoms with Crippen LogP contribution in [0.15, 0.2) is 106 Å². The van der Waals surface area contributed by atoms with Crippen LogP contribution in [0.5, 0.6) is 0 Å². The largest absolute Gasteiger partial charge is 0.460 e. The van der Waals surface area contributed by atoms with Crippen LogP contribution >= 0.6 is 0 Å². The van der Waals surface area contributed by atoms with Crippen molar-refractivity contribution in [3.63, 3.8) is 0 Å². The molecule has 2 aliphatic rings. The molecule has 0 saturated heterocycles. The third-order valence-electron chi connectivity index (χ3n) is 8.80. The Kier molecular flexibility index (Phi) is 9.76. The van der Waals surface area contributed by atoms with Crippen molar-refractivity contribution in [3.05, 3.63) is 91.0 Å². The molecular weight excluding hydrogens is 659 g/mol. The van der Waals surface area contributed by atoms with E-state index >= 15 is 0 Å². The van der Waals surface area contributed by atoms with Crippen LogP contribution in [0.1, 0.15) is 33.1 Å². The fourth-order valence-electron chi connectivity index (χ4n) is 6.07. The molecular formula is C32H31F7NO4S2+. The van der Waals surface area contributed by atoms with Crippen LogP contribution in [-0.4, -0.2) is 43.9 Å². The van der Waals surface area contributed by atoms with Gasteiger partial charge in [0.25, 0.3) is 0 Å². The summed E-state index contributed by atoms with van der Waals surface area (Å²) in [6.07, 6.45) is -6.20. The summed E-state index contributed by atoms with van der Waals surface area (Å²) in [6.45, 7) is 3.17. The number of nitrogens with one attached hydrogen (secondary N) is 1. The third kappa shape index (κ3) is 6.55. The van der Waals surface area contributed by atoms with Gasteiger partial charge in [0.15, 0.2) is 14.7 Å². The van der Waals surface area contributed by atoms with Crippen LogP contribution in [0.3, 0.4) is 0 Å². The number of rotatable bonds is 8. The fraction of sp³-hybridized carbons (Fsp3) is 0.375. The van der Waals surface area contributed by atoms with Crippen LogP contribution in [-0.2, 0) is 30.5 Å². The van der Waals surface area contributed by atoms with Gasteiger partial charge < -0.3 is 0 Å². The highest BCUT2D eigenvalue weighted by Gasteiger charge is 2.77. The summed E-state index contributed by atoms with van der Waals surface area (Å²) in [5.74, 6) is -18.2. The van der Waals surface area contributed by atoms with Gasteiger partial charge in [0, 0.05) is 6.42 Å². The monoisotopic (exact) mass is 690 g/mol. The summed E-state index contributed by atoms with van der Waals surface area (Å²) in [5, 5.41) is 0. The predicted octanol–water partition coefficient (Wildman–Crippen LogP) is 7.44. The molecule has 2 fully saturated rings. The Morgan fingerprint density at radius 3 is 1.54 bits per heavy atom. The molecule has 14 heteroatoms. The van der Waals surface area contributed by atoms with Gasteiger partial charge >= 0.3 is 23.9 Å². The maximum absolute atomic E-state index is 13.3. The van der Waals surface area contributed by atoms with E-state index in [0.29, 0.717) is 11.1 Å². The quantitative estimate of drug-likeness (QED) is 0.197. The van der Waals surface area contributed by atoms with E-state index in [1.807, 2.05) is 0 Å². The summed E-state index contributed by atoms with van der Waals surface area (Å²) in [4.78, 5) is 27.6. The lowest BCUT2D eigenvalue weighted by molar-refractivity contribution is -0.343. The van der Waals surface area contributed by atoms with Crippen molar-refractivity contribution in [3.8, 4) is 0 Å². The Morgan fingerprint density at radius 2 is 1.22 bits per heavy atom. The summed E-state index contributed by atoms with van der Waals surface area (Å²) in [7, 11) is -5.12. The van der Waals surface area contributed by atoms with Crippen LogP contribution in [0.2, 0.25) is 0 Å². The average Bonchev–Trinajstić information content (AvgIpc) is 3.32. The van der Waals surface area contributed by atoms with Gasteiger partial charge in [0.1, 0.15) is 5.78 Å². The molecule has 1 amide bonds. The van der Waals surface area contributed by atoms with Crippen LogP contribution in [0.4, 0.5) is 30.7 Å². The molecule has 3 aromatic rings. The lowest BCUT2D eigenvalue weighted by Crippen LogP contribution is -2.60. The topological polar surface area (TPSA) is 80.3 Å². The Morgan fingerprint density at radius 1 is 0.804 bits per heavy atom. The van der Waals surface area contributed by atoms with Crippen molar-refractivity contribution >= 4 is 32.6 Å². The fourth-order valence-corrected chi connectivity index (χ4v) is 9.99. The first kappa shape index (κ1) is 35.5. The van der Waals surface area contributed by atoms with Crippen molar-refractivity contribution in [2.45, 2.75) is 65.8 Å². The Balaban J connectivity index is 0.000000221. The van der Waals surface area contributed by atoms with Crippen LogP contribution in [0.25, 0.3) is 0 Å². The van der Waals surface area contributed by atoms with Crippen LogP contribution < -0.4 is 4.72 Å². The number of fused-ring (bicyclic) bond motifs is 2. The van der Waals surface area contributed by atoms with E-state index < -0.39 is 56.3 Å². The number of alkyl halides is 7. The summed E-state index contributed by atoms with van der Waals surface area (Å²) in [6, 6.07) is 32.2. The highest BCUT2D eigenvalue weighted by molar-refractivity contribution is 7.97. The van der Waals surface area contributed by atoms with Crippen molar-refractivity contribution in [1.29, 1.82) is 0 Å². The molecule has 0 spiro atoms. The second kappa shape index (κ2) is 12.7. The minimum Gasteiger partial charge on any atom is -0.299 e. The normalized spacial score (nSPS) is 21.1. The van der Waals surface area contributed by atoms with Gasteiger partial charge in [0.2, 0.25) is 10.0 Å². The Bertz CT molecular complexity index is 1560. The molecule has 0 aliphatic heterocycles. The Labute approximate surface area is 265 Å². The SMILES string of the molecule is CC1(C)C2CCC1(CS(=O)(=O)NC(=O)C(F)(F)C(F)(F)C(F)(F)F)C(=O)C2.c1ccc([S+](c2ccccc2)c2ccccc2)cc1. The maximum atomic E-state index is 13.3. The van der Waals surface area contributed by atoms with E-state index in [4.69, 9.17) is 0 Å². The summed E-state index contributed by atoms with van der Waals surface area (Å²) < 4.78 is 114. The first-order valence-electron chi connectivity index (χ1n) is 14.1. The number of halogens is 7. The number of benzene rings is 3. The van der Waals surface area contributed by atoms with Gasteiger partial charge in [-0.2, -0.15) is 30.7 Å². The highest BCUT2D eigenvalue weighted by Crippen LogP contribution is 2.64. The van der Waals surface area contributed by atoms with E-state index in [9.17, 15) is 48.7 Å². The third-order valence-corrected chi connectivity index (χ3v) is 12.4. The molecule has 2 saturated carbocycles. The zero-order valence-corrected chi connectivity index (χ0v) is 26.3. The number of Topliss-reactive ketones (excluding diaryl/α,β-unsaturated/α-hetero) is 1. The molecule has 1 N–H and O–H groups in total. The summed E-state index contributed by atoms with van der Waals surface area (Å²) in [5.41, 5.74) is -2.38. The average molecular weight is 691 g/mol. The molecule has 2 atom stereocenters. The van der Waals surface area contributed by atoms with E-state index in [1.165, 1.54) is 14.7 Å². The van der Waals surface area contributed by atoms with Crippen molar-refractivity contribution in [1.82, 2.24) is 4.72 Å². The first-order chi connectivity index (χ1) is 21.3. The second-order valence-electron chi connectivity index (χ2n) is 11.7. The second-order valence-corrected chi connectivity index (χ2v) is 15.5. The van der Waals surface area contributed by atoms with Gasteiger partial charge in [-0.3, -0.25) is 9.59 Å². The highest BCUT2D eigenvalue weighted by atomic mass is 32.2. The number of amides is 1. The lowest BCUT2D eigenvalue weighted by atomic mass is 9.70. The predicted molar refractivity (Wildman–Crippen MR) is 158 cm³/mol. The maximum Gasteiger partial charge on any atom is 0.460 e. The molecule has 46 heavy (non-hydrogen) atoms. The number of carbonyl (C=O) groups excluding carboxylic acids is 2. The molecule has 0 aromatic heterocycles. The van der Waals surface area contributed by atoms with E-state index in [2.05, 4.69) is 91.0 Å². The zero-order chi connectivity index (χ0) is 34.2. The molecule has 3 aromatic carbocycles. The molecule has 0 radical (unpaired) electrons. The number of carbonyl (C=O) groups is 2. The van der Waals surface area contributed by atoms with Crippen LogP contribution in [0, 0.1) is 16.7 Å². The molecule has 2 unspecified atom stereocenters. The first-order valence-corrected chi connectivity index (χ1v) is 16.9. The van der Waals surface area contributed by atoms with E-state index in [0.717, 1.165) is 0 Å². The number of sulfonamides is 1. The van der Waals surface area contributed by atoms with E-state index in [1.54, 1.807) is 13.8 Å². The minimum absolute atomic E-state index is 0.0146. The molecule has 2 aliphatic carbocycles. The van der Waals surface area contributed by atoms with Crippen molar-refractivity contribution < 1.29 is 48.7 Å². The van der Waals surface area contributed by atoms with Gasteiger partial charge in [0.05, 0.1) is 22.1 Å². The Hall–Kier alpha value is -3.39. The lowest BCUT2D eigenvalue weighted by Gasteiger charge is -2.36. The summed E-state index contributed by atoms with van der Waals surface area (Å²) >= 11 is 0. The van der Waals surface area contributed by atoms with Crippen molar-refractivity contribution in [2.75, 3.05) is 5.75 Å².